The summed E-state index contributed by atoms with van der Waals surface area (Å²) in [5, 5.41) is 15.3. The molecule has 2 amide bonds. The highest BCUT2D eigenvalue weighted by Gasteiger charge is 2.16. The summed E-state index contributed by atoms with van der Waals surface area (Å²) >= 11 is 16.7. The lowest BCUT2D eigenvalue weighted by atomic mass is 10.2. The minimum Gasteiger partial charge on any atom is -0.345 e. The molecule has 2 N–H and O–H groups in total. The fourth-order valence-electron chi connectivity index (χ4n) is 2.67. The van der Waals surface area contributed by atoms with E-state index in [-0.39, 0.29) is 24.1 Å². The van der Waals surface area contributed by atoms with E-state index < -0.39 is 0 Å². The lowest BCUT2D eigenvalue weighted by molar-refractivity contribution is -0.113. The molecular weight excluding hydrogens is 537 g/mol. The van der Waals surface area contributed by atoms with Crippen LogP contribution in [0.3, 0.4) is 0 Å². The zero-order chi connectivity index (χ0) is 23.1. The summed E-state index contributed by atoms with van der Waals surface area (Å²) in [4.78, 5) is 24.7. The zero-order valence-corrected chi connectivity index (χ0v) is 20.6. The molecule has 32 heavy (non-hydrogen) atoms. The molecule has 0 spiro atoms. The summed E-state index contributed by atoms with van der Waals surface area (Å²) < 4.78 is 2.53. The van der Waals surface area contributed by atoms with Gasteiger partial charge in [0.05, 0.1) is 27.9 Å². The van der Waals surface area contributed by atoms with Gasteiger partial charge in [-0.1, -0.05) is 53.2 Å². The summed E-state index contributed by atoms with van der Waals surface area (Å²) in [6.45, 7) is 4.33. The number of amides is 2. The number of allylic oxidation sites excluding steroid dienone is 1. The van der Waals surface area contributed by atoms with Gasteiger partial charge in [-0.25, -0.2) is 0 Å². The number of thioether (sulfide) groups is 1. The van der Waals surface area contributed by atoms with Gasteiger partial charge in [0, 0.05) is 16.7 Å². The molecule has 7 nitrogen and oxygen atoms in total. The number of carbonyl (C=O) groups excluding carboxylic acids is 2. The highest BCUT2D eigenvalue weighted by atomic mass is 79.9. The summed E-state index contributed by atoms with van der Waals surface area (Å²) in [7, 11) is 0. The Kier molecular flexibility index (Phi) is 8.75. The molecule has 11 heteroatoms. The second-order valence-corrected chi connectivity index (χ2v) is 9.04. The molecule has 0 aliphatic heterocycles. The van der Waals surface area contributed by atoms with Crippen LogP contribution in [0.25, 0.3) is 0 Å². The Hall–Kier alpha value is -2.33. The number of aromatic nitrogens is 3. The van der Waals surface area contributed by atoms with Crippen LogP contribution < -0.4 is 10.6 Å². The Labute approximate surface area is 207 Å². The minimum absolute atomic E-state index is 0.120. The van der Waals surface area contributed by atoms with Crippen LogP contribution in [0.15, 0.2) is 64.7 Å². The first-order valence-electron chi connectivity index (χ1n) is 9.32. The molecule has 0 aliphatic carbocycles. The van der Waals surface area contributed by atoms with E-state index in [4.69, 9.17) is 23.2 Å². The third-order valence-corrected chi connectivity index (χ3v) is 6.70. The van der Waals surface area contributed by atoms with Crippen LogP contribution in [0, 0.1) is 0 Å². The fraction of sp³-hybridized carbons (Fsp3) is 0.143. The molecule has 3 rings (SSSR count). The van der Waals surface area contributed by atoms with E-state index in [0.717, 1.165) is 4.47 Å². The molecule has 0 aliphatic rings. The van der Waals surface area contributed by atoms with Crippen molar-refractivity contribution in [3.8, 4) is 0 Å². The Morgan fingerprint density at radius 2 is 1.94 bits per heavy atom. The second kappa shape index (κ2) is 11.5. The van der Waals surface area contributed by atoms with Crippen molar-refractivity contribution in [2.45, 2.75) is 18.2 Å². The Morgan fingerprint density at radius 1 is 1.16 bits per heavy atom. The van der Waals surface area contributed by atoms with Crippen molar-refractivity contribution in [1.29, 1.82) is 0 Å². The maximum atomic E-state index is 12.4. The predicted octanol–water partition coefficient (Wildman–Crippen LogP) is 5.19. The number of anilines is 1. The third kappa shape index (κ3) is 6.35. The average Bonchev–Trinajstić information content (AvgIpc) is 3.15. The van der Waals surface area contributed by atoms with E-state index in [0.29, 0.717) is 38.8 Å². The molecule has 0 unspecified atom stereocenters. The molecule has 1 heterocycles. The van der Waals surface area contributed by atoms with E-state index in [1.54, 1.807) is 53.1 Å². The van der Waals surface area contributed by atoms with Gasteiger partial charge in [-0.15, -0.1) is 16.8 Å². The van der Waals surface area contributed by atoms with Gasteiger partial charge in [-0.2, -0.15) is 0 Å². The average molecular weight is 555 g/mol. The first-order valence-corrected chi connectivity index (χ1v) is 11.9. The van der Waals surface area contributed by atoms with Crippen LogP contribution in [0.4, 0.5) is 5.69 Å². The molecule has 0 saturated heterocycles. The zero-order valence-electron chi connectivity index (χ0n) is 16.6. The standard InChI is InChI=1S/C21H18BrCl2N5O2S/c1-2-9-29-18(11-25-20(31)14-5-3-4-6-16(14)23)27-28-21(29)32-12-19(30)26-13-7-8-15(22)17(24)10-13/h2-8,10H,1,9,11-12H2,(H,25,31)(H,26,30). The fourth-order valence-corrected chi connectivity index (χ4v) is 4.09. The van der Waals surface area contributed by atoms with Crippen LogP contribution >= 0.6 is 50.9 Å². The number of nitrogens with one attached hydrogen (secondary N) is 2. The topological polar surface area (TPSA) is 88.9 Å². The molecule has 0 radical (unpaired) electrons. The van der Waals surface area contributed by atoms with E-state index in [1.165, 1.54) is 11.8 Å². The lowest BCUT2D eigenvalue weighted by Gasteiger charge is -2.10. The molecule has 0 atom stereocenters. The molecule has 1 aromatic heterocycles. The number of nitrogens with zero attached hydrogens (tertiary/aromatic N) is 3. The van der Waals surface area contributed by atoms with Gasteiger partial charge in [0.2, 0.25) is 5.91 Å². The van der Waals surface area contributed by atoms with Gasteiger partial charge in [0.1, 0.15) is 0 Å². The van der Waals surface area contributed by atoms with Gasteiger partial charge < -0.3 is 15.2 Å². The largest absolute Gasteiger partial charge is 0.345 e. The number of halogens is 3. The molecule has 0 bridgehead atoms. The van der Waals surface area contributed by atoms with Gasteiger partial charge in [-0.3, -0.25) is 9.59 Å². The van der Waals surface area contributed by atoms with Crippen LogP contribution in [0.2, 0.25) is 10.0 Å². The third-order valence-electron chi connectivity index (χ3n) is 4.17. The minimum atomic E-state index is -0.314. The van der Waals surface area contributed by atoms with Crippen LogP contribution in [-0.4, -0.2) is 32.3 Å². The lowest BCUT2D eigenvalue weighted by Crippen LogP contribution is -2.25. The number of hydrogen-bond donors (Lipinski definition) is 2. The Balaban J connectivity index is 1.61. The highest BCUT2D eigenvalue weighted by Crippen LogP contribution is 2.26. The van der Waals surface area contributed by atoms with Crippen molar-refractivity contribution < 1.29 is 9.59 Å². The molecule has 0 fully saturated rings. The van der Waals surface area contributed by atoms with Gasteiger partial charge in [0.25, 0.3) is 5.91 Å². The van der Waals surface area contributed by atoms with Crippen LogP contribution in [-0.2, 0) is 17.9 Å². The molecular formula is C21H18BrCl2N5O2S. The maximum Gasteiger partial charge on any atom is 0.253 e. The van der Waals surface area contributed by atoms with Crippen LogP contribution in [0.5, 0.6) is 0 Å². The quantitative estimate of drug-likeness (QED) is 0.280. The maximum absolute atomic E-state index is 12.4. The number of carbonyl (C=O) groups is 2. The molecule has 166 valence electrons. The van der Waals surface area contributed by atoms with Crippen molar-refractivity contribution in [2.24, 2.45) is 0 Å². The molecule has 3 aromatic rings. The summed E-state index contributed by atoms with van der Waals surface area (Å²) in [5.74, 6) is 0.128. The summed E-state index contributed by atoms with van der Waals surface area (Å²) in [6, 6.07) is 12.0. The Bertz CT molecular complexity index is 1150. The van der Waals surface area contributed by atoms with Crippen LogP contribution in [0.1, 0.15) is 16.2 Å². The molecule has 2 aromatic carbocycles. The van der Waals surface area contributed by atoms with Crippen molar-refractivity contribution in [2.75, 3.05) is 11.1 Å². The van der Waals surface area contributed by atoms with Gasteiger partial charge in [-0.05, 0) is 46.3 Å². The monoisotopic (exact) mass is 553 g/mol. The van der Waals surface area contributed by atoms with Gasteiger partial charge in [0.15, 0.2) is 11.0 Å². The van der Waals surface area contributed by atoms with E-state index in [9.17, 15) is 9.59 Å². The van der Waals surface area contributed by atoms with Crippen molar-refractivity contribution in [1.82, 2.24) is 20.1 Å². The normalized spacial score (nSPS) is 10.6. The first kappa shape index (κ1) is 24.3. The number of benzene rings is 2. The smallest absolute Gasteiger partial charge is 0.253 e. The highest BCUT2D eigenvalue weighted by molar-refractivity contribution is 9.10. The van der Waals surface area contributed by atoms with Crippen molar-refractivity contribution in [3.05, 3.63) is 81.0 Å². The van der Waals surface area contributed by atoms with E-state index in [2.05, 4.69) is 43.3 Å². The number of hydrogen-bond acceptors (Lipinski definition) is 5. The Morgan fingerprint density at radius 3 is 2.66 bits per heavy atom. The first-order chi connectivity index (χ1) is 15.4. The summed E-state index contributed by atoms with van der Waals surface area (Å²) in [6.07, 6.45) is 1.69. The predicted molar refractivity (Wildman–Crippen MR) is 131 cm³/mol. The van der Waals surface area contributed by atoms with Crippen molar-refractivity contribution >= 4 is 68.4 Å². The van der Waals surface area contributed by atoms with E-state index >= 15 is 0 Å². The van der Waals surface area contributed by atoms with Gasteiger partial charge >= 0.3 is 0 Å². The van der Waals surface area contributed by atoms with Crippen molar-refractivity contribution in [3.63, 3.8) is 0 Å². The van der Waals surface area contributed by atoms with E-state index in [1.807, 2.05) is 0 Å². The summed E-state index contributed by atoms with van der Waals surface area (Å²) in [5.41, 5.74) is 0.975. The molecule has 0 saturated carbocycles. The SMILES string of the molecule is C=CCn1c(CNC(=O)c2ccccc2Cl)nnc1SCC(=O)Nc1ccc(Br)c(Cl)c1. The second-order valence-electron chi connectivity index (χ2n) is 6.43. The number of rotatable bonds is 9.